The fourth-order valence-electron chi connectivity index (χ4n) is 3.36. The highest BCUT2D eigenvalue weighted by Crippen LogP contribution is 2.31. The molecule has 1 amide bonds. The molecule has 2 aliphatic rings. The van der Waals surface area contributed by atoms with E-state index >= 15 is 0 Å². The Morgan fingerprint density at radius 3 is 2.50 bits per heavy atom. The molecule has 0 saturated heterocycles. The van der Waals surface area contributed by atoms with Gasteiger partial charge in [-0.05, 0) is 56.2 Å². The van der Waals surface area contributed by atoms with Crippen LogP contribution in [0.25, 0.3) is 0 Å². The molecule has 0 bridgehead atoms. The minimum Gasteiger partial charge on any atom is -0.350 e. The number of hydrogen-bond donors (Lipinski definition) is 3. The predicted molar refractivity (Wildman–Crippen MR) is 104 cm³/mol. The first-order chi connectivity index (χ1) is 11.9. The summed E-state index contributed by atoms with van der Waals surface area (Å²) in [5.74, 6) is 0.221. The van der Waals surface area contributed by atoms with Crippen LogP contribution in [0.15, 0.2) is 23.1 Å². The number of aryl methyl sites for hydroxylation is 1. The number of amides is 1. The normalized spacial score (nSPS) is 19.0. The third-order valence-electron chi connectivity index (χ3n) is 5.14. The lowest BCUT2D eigenvalue weighted by Gasteiger charge is -2.16. The van der Waals surface area contributed by atoms with Crippen LogP contribution < -0.4 is 15.8 Å². The van der Waals surface area contributed by atoms with Gasteiger partial charge in [0.05, 0.1) is 4.90 Å². The van der Waals surface area contributed by atoms with Crippen molar-refractivity contribution in [3.05, 3.63) is 29.3 Å². The maximum atomic E-state index is 12.7. The molecule has 4 N–H and O–H groups in total. The third-order valence-corrected chi connectivity index (χ3v) is 6.81. The lowest BCUT2D eigenvalue weighted by atomic mass is 10.1. The number of rotatable bonds is 7. The van der Waals surface area contributed by atoms with Gasteiger partial charge in [0.2, 0.25) is 10.0 Å². The van der Waals surface area contributed by atoms with Gasteiger partial charge in [-0.3, -0.25) is 4.79 Å². The molecule has 1 unspecified atom stereocenters. The van der Waals surface area contributed by atoms with Crippen molar-refractivity contribution in [3.8, 4) is 0 Å². The number of carbonyl (C=O) groups is 1. The molecule has 1 aromatic carbocycles. The van der Waals surface area contributed by atoms with Crippen LogP contribution in [0.4, 0.5) is 0 Å². The topological polar surface area (TPSA) is 101 Å². The van der Waals surface area contributed by atoms with Crippen molar-refractivity contribution >= 4 is 28.3 Å². The van der Waals surface area contributed by atoms with Crippen LogP contribution in [0.3, 0.4) is 0 Å². The third kappa shape index (κ3) is 5.19. The van der Waals surface area contributed by atoms with E-state index in [-0.39, 0.29) is 35.3 Å². The molecule has 8 heteroatoms. The quantitative estimate of drug-likeness (QED) is 0.651. The monoisotopic (exact) mass is 401 g/mol. The highest BCUT2D eigenvalue weighted by Gasteiger charge is 2.29. The van der Waals surface area contributed by atoms with Crippen LogP contribution in [-0.2, 0) is 10.0 Å². The van der Waals surface area contributed by atoms with Crippen molar-refractivity contribution < 1.29 is 13.2 Å². The van der Waals surface area contributed by atoms with E-state index in [2.05, 4.69) is 10.0 Å². The van der Waals surface area contributed by atoms with E-state index in [0.717, 1.165) is 38.5 Å². The van der Waals surface area contributed by atoms with E-state index < -0.39 is 10.0 Å². The zero-order chi connectivity index (χ0) is 18.0. The molecule has 2 saturated carbocycles. The van der Waals surface area contributed by atoms with Crippen molar-refractivity contribution in [2.45, 2.75) is 62.4 Å². The lowest BCUT2D eigenvalue weighted by Crippen LogP contribution is -2.38. The second-order valence-corrected chi connectivity index (χ2v) is 8.98. The van der Waals surface area contributed by atoms with Crippen molar-refractivity contribution in [3.63, 3.8) is 0 Å². The van der Waals surface area contributed by atoms with Crippen LogP contribution >= 0.6 is 12.4 Å². The van der Waals surface area contributed by atoms with Gasteiger partial charge in [0.15, 0.2) is 0 Å². The average molecular weight is 402 g/mol. The molecule has 2 aliphatic carbocycles. The zero-order valence-electron chi connectivity index (χ0n) is 15.0. The fourth-order valence-corrected chi connectivity index (χ4v) is 4.94. The summed E-state index contributed by atoms with van der Waals surface area (Å²) < 4.78 is 28.1. The first kappa shape index (κ1) is 21.2. The smallest absolute Gasteiger partial charge is 0.251 e. The standard InChI is InChI=1S/C18H27N3O3S.ClH/c1-12-6-7-14(18(22)20-11-16(19)13-8-9-13)10-17(12)25(23,24)21-15-4-2-3-5-15;/h6-7,10,13,15-16,21H,2-5,8-9,11,19H2,1H3,(H,20,22);1H. The number of sulfonamides is 1. The zero-order valence-corrected chi connectivity index (χ0v) is 16.7. The van der Waals surface area contributed by atoms with Crippen LogP contribution in [0.5, 0.6) is 0 Å². The predicted octanol–water partition coefficient (Wildman–Crippen LogP) is 2.10. The van der Waals surface area contributed by atoms with Gasteiger partial charge in [-0.25, -0.2) is 13.1 Å². The van der Waals surface area contributed by atoms with E-state index in [1.165, 1.54) is 6.07 Å². The minimum absolute atomic E-state index is 0. The Bertz CT molecular complexity index is 744. The maximum absolute atomic E-state index is 12.7. The lowest BCUT2D eigenvalue weighted by molar-refractivity contribution is 0.0950. The number of halogens is 1. The maximum Gasteiger partial charge on any atom is 0.251 e. The summed E-state index contributed by atoms with van der Waals surface area (Å²) in [6.07, 6.45) is 6.09. The molecule has 0 heterocycles. The van der Waals surface area contributed by atoms with Gasteiger partial charge in [-0.2, -0.15) is 0 Å². The highest BCUT2D eigenvalue weighted by molar-refractivity contribution is 7.89. The van der Waals surface area contributed by atoms with E-state index in [1.807, 2.05) is 0 Å². The van der Waals surface area contributed by atoms with Gasteiger partial charge in [0, 0.05) is 24.2 Å². The number of nitrogens with two attached hydrogens (primary N) is 1. The molecule has 146 valence electrons. The summed E-state index contributed by atoms with van der Waals surface area (Å²) >= 11 is 0. The second kappa shape index (κ2) is 8.69. The van der Waals surface area contributed by atoms with Gasteiger partial charge in [0.1, 0.15) is 0 Å². The molecule has 0 radical (unpaired) electrons. The SMILES string of the molecule is Cc1ccc(C(=O)NCC(N)C2CC2)cc1S(=O)(=O)NC1CCCC1.Cl. The summed E-state index contributed by atoms with van der Waals surface area (Å²) in [6.45, 7) is 2.16. The Hall–Kier alpha value is -1.15. The van der Waals surface area contributed by atoms with Gasteiger partial charge >= 0.3 is 0 Å². The first-order valence-electron chi connectivity index (χ1n) is 9.03. The van der Waals surface area contributed by atoms with Crippen LogP contribution in [0, 0.1) is 12.8 Å². The van der Waals surface area contributed by atoms with Crippen molar-refractivity contribution in [2.75, 3.05) is 6.54 Å². The molecular weight excluding hydrogens is 374 g/mol. The summed E-state index contributed by atoms with van der Waals surface area (Å²) in [4.78, 5) is 12.5. The number of nitrogens with one attached hydrogen (secondary N) is 2. The summed E-state index contributed by atoms with van der Waals surface area (Å²) in [6, 6.07) is 4.77. The summed E-state index contributed by atoms with van der Waals surface area (Å²) in [5, 5.41) is 2.81. The van der Waals surface area contributed by atoms with Gasteiger partial charge < -0.3 is 11.1 Å². The number of carbonyl (C=O) groups excluding carboxylic acids is 1. The van der Waals surface area contributed by atoms with Crippen LogP contribution in [0.1, 0.15) is 54.4 Å². The Morgan fingerprint density at radius 1 is 1.23 bits per heavy atom. The van der Waals surface area contributed by atoms with E-state index in [0.29, 0.717) is 23.6 Å². The molecular formula is C18H28ClN3O3S. The summed E-state index contributed by atoms with van der Waals surface area (Å²) in [5.41, 5.74) is 6.98. The number of benzene rings is 1. The second-order valence-electron chi connectivity index (χ2n) is 7.29. The molecule has 26 heavy (non-hydrogen) atoms. The summed E-state index contributed by atoms with van der Waals surface area (Å²) in [7, 11) is -3.62. The van der Waals surface area contributed by atoms with E-state index in [1.54, 1.807) is 19.1 Å². The van der Waals surface area contributed by atoms with Crippen molar-refractivity contribution in [1.29, 1.82) is 0 Å². The Balaban J connectivity index is 0.00000243. The molecule has 2 fully saturated rings. The largest absolute Gasteiger partial charge is 0.350 e. The molecule has 0 aliphatic heterocycles. The van der Waals surface area contributed by atoms with Crippen LogP contribution in [0.2, 0.25) is 0 Å². The van der Waals surface area contributed by atoms with E-state index in [4.69, 9.17) is 5.73 Å². The Kier molecular flexibility index (Phi) is 7.07. The van der Waals surface area contributed by atoms with E-state index in [9.17, 15) is 13.2 Å². The minimum atomic E-state index is -3.62. The average Bonchev–Trinajstić information content (AvgIpc) is 3.31. The van der Waals surface area contributed by atoms with Crippen molar-refractivity contribution in [2.24, 2.45) is 11.7 Å². The van der Waals surface area contributed by atoms with Crippen molar-refractivity contribution in [1.82, 2.24) is 10.0 Å². The molecule has 3 rings (SSSR count). The first-order valence-corrected chi connectivity index (χ1v) is 10.5. The molecule has 1 atom stereocenters. The Labute approximate surface area is 161 Å². The van der Waals surface area contributed by atoms with Crippen LogP contribution in [-0.4, -0.2) is 33.0 Å². The van der Waals surface area contributed by atoms with Gasteiger partial charge in [0.25, 0.3) is 5.91 Å². The highest BCUT2D eigenvalue weighted by atomic mass is 35.5. The molecule has 0 aromatic heterocycles. The molecule has 1 aromatic rings. The van der Waals surface area contributed by atoms with Gasteiger partial charge in [-0.1, -0.05) is 18.9 Å². The fraction of sp³-hybridized carbons (Fsp3) is 0.611. The molecule has 0 spiro atoms. The number of hydrogen-bond acceptors (Lipinski definition) is 4. The Morgan fingerprint density at radius 2 is 1.88 bits per heavy atom. The molecule has 6 nitrogen and oxygen atoms in total. The van der Waals surface area contributed by atoms with Gasteiger partial charge in [-0.15, -0.1) is 12.4 Å².